The summed E-state index contributed by atoms with van der Waals surface area (Å²) in [7, 11) is 1.80. The van der Waals surface area contributed by atoms with Crippen LogP contribution in [0.25, 0.3) is 6.08 Å². The fraction of sp³-hybridized carbons (Fsp3) is 0.222. The predicted molar refractivity (Wildman–Crippen MR) is 88.1 cm³/mol. The Morgan fingerprint density at radius 2 is 2.00 bits per heavy atom. The molecule has 2 rings (SSSR count). The minimum atomic E-state index is -0.609. The normalized spacial score (nSPS) is 10.9. The summed E-state index contributed by atoms with van der Waals surface area (Å²) in [5, 5.41) is 8.45. The summed E-state index contributed by atoms with van der Waals surface area (Å²) in [4.78, 5) is 23.2. The number of carbonyl (C=O) groups excluding carboxylic acids is 2. The van der Waals surface area contributed by atoms with Crippen LogP contribution in [0.1, 0.15) is 34.5 Å². The number of aromatic nitrogens is 1. The van der Waals surface area contributed by atoms with Gasteiger partial charge in [-0.05, 0) is 30.5 Å². The Kier molecular flexibility index (Phi) is 5.88. The van der Waals surface area contributed by atoms with Crippen LogP contribution in [0.5, 0.6) is 0 Å². The fourth-order valence-corrected chi connectivity index (χ4v) is 2.34. The van der Waals surface area contributed by atoms with Gasteiger partial charge in [0.15, 0.2) is 5.78 Å². The molecule has 5 nitrogen and oxygen atoms in total. The Morgan fingerprint density at radius 1 is 1.26 bits per heavy atom. The number of hydrogen-bond acceptors (Lipinski definition) is 3. The van der Waals surface area contributed by atoms with Crippen molar-refractivity contribution >= 4 is 17.8 Å². The smallest absolute Gasteiger partial charge is 0.267 e. The Bertz CT molecular complexity index is 702. The molecular weight excluding hydrogens is 292 g/mol. The molecule has 0 saturated carbocycles. The molecule has 2 N–H and O–H groups in total. The van der Waals surface area contributed by atoms with E-state index < -0.39 is 5.91 Å². The molecule has 0 fully saturated rings. The van der Waals surface area contributed by atoms with Crippen molar-refractivity contribution in [3.8, 4) is 0 Å². The highest BCUT2D eigenvalue weighted by Gasteiger charge is 2.09. The lowest BCUT2D eigenvalue weighted by atomic mass is 10.0. The maximum Gasteiger partial charge on any atom is 0.267 e. The van der Waals surface area contributed by atoms with E-state index in [0.29, 0.717) is 12.0 Å². The van der Waals surface area contributed by atoms with Crippen molar-refractivity contribution in [1.82, 2.24) is 10.0 Å². The number of hydrogen-bond donors (Lipinski definition) is 2. The van der Waals surface area contributed by atoms with Crippen LogP contribution in [0.4, 0.5) is 0 Å². The van der Waals surface area contributed by atoms with Crippen molar-refractivity contribution in [3.05, 3.63) is 65.5 Å². The summed E-state index contributed by atoms with van der Waals surface area (Å²) >= 11 is 0. The molecule has 0 aliphatic rings. The lowest BCUT2D eigenvalue weighted by Crippen LogP contribution is -2.14. The van der Waals surface area contributed by atoms with Crippen LogP contribution in [0.3, 0.4) is 0 Å². The Labute approximate surface area is 135 Å². The predicted octanol–water partition coefficient (Wildman–Crippen LogP) is 2.75. The second-order valence-electron chi connectivity index (χ2n) is 5.34. The first-order chi connectivity index (χ1) is 11.1. The number of rotatable bonds is 7. The van der Waals surface area contributed by atoms with Gasteiger partial charge in [0, 0.05) is 37.0 Å². The highest BCUT2D eigenvalue weighted by molar-refractivity contribution is 5.97. The molecule has 2 aromatic rings. The van der Waals surface area contributed by atoms with Crippen molar-refractivity contribution in [2.24, 2.45) is 7.05 Å². The van der Waals surface area contributed by atoms with Gasteiger partial charge >= 0.3 is 0 Å². The van der Waals surface area contributed by atoms with E-state index in [1.54, 1.807) is 30.0 Å². The molecule has 0 unspecified atom stereocenters. The molecular formula is C18H20N2O3. The first-order valence-electron chi connectivity index (χ1n) is 7.46. The van der Waals surface area contributed by atoms with E-state index >= 15 is 0 Å². The van der Waals surface area contributed by atoms with Gasteiger partial charge in [0.2, 0.25) is 0 Å². The van der Waals surface area contributed by atoms with Gasteiger partial charge in [-0.3, -0.25) is 14.8 Å². The molecule has 0 aliphatic carbocycles. The summed E-state index contributed by atoms with van der Waals surface area (Å²) < 4.78 is 1.77. The topological polar surface area (TPSA) is 71.3 Å². The maximum atomic E-state index is 12.2. The number of Topliss-reactive ketones (excluding diaryl/α,β-unsaturated/α-hetero) is 1. The van der Waals surface area contributed by atoms with Crippen LogP contribution < -0.4 is 5.48 Å². The zero-order valence-corrected chi connectivity index (χ0v) is 13.0. The quantitative estimate of drug-likeness (QED) is 0.357. The molecule has 0 aliphatic heterocycles. The van der Waals surface area contributed by atoms with E-state index in [2.05, 4.69) is 12.1 Å². The van der Waals surface area contributed by atoms with E-state index in [-0.39, 0.29) is 5.78 Å². The van der Waals surface area contributed by atoms with Crippen LogP contribution in [0.2, 0.25) is 0 Å². The van der Waals surface area contributed by atoms with Crippen LogP contribution in [-0.4, -0.2) is 21.5 Å². The van der Waals surface area contributed by atoms with Gasteiger partial charge in [-0.15, -0.1) is 0 Å². The maximum absolute atomic E-state index is 12.2. The van der Waals surface area contributed by atoms with Crippen molar-refractivity contribution in [1.29, 1.82) is 0 Å². The Morgan fingerprint density at radius 3 is 2.70 bits per heavy atom. The van der Waals surface area contributed by atoms with Gasteiger partial charge in [-0.2, -0.15) is 0 Å². The lowest BCUT2D eigenvalue weighted by Gasteiger charge is -2.00. The molecule has 1 heterocycles. The van der Waals surface area contributed by atoms with Gasteiger partial charge in [-0.1, -0.05) is 30.3 Å². The Balaban J connectivity index is 1.92. The summed E-state index contributed by atoms with van der Waals surface area (Å²) in [6, 6.07) is 11.8. The molecule has 1 aromatic carbocycles. The summed E-state index contributed by atoms with van der Waals surface area (Å²) in [6.07, 6.45) is 6.67. The fourth-order valence-electron chi connectivity index (χ4n) is 2.34. The number of nitrogens with one attached hydrogen (secondary N) is 1. The van der Waals surface area contributed by atoms with E-state index in [9.17, 15) is 9.59 Å². The molecule has 1 aromatic heterocycles. The zero-order valence-electron chi connectivity index (χ0n) is 13.0. The molecule has 1 amide bonds. The van der Waals surface area contributed by atoms with Gasteiger partial charge in [0.25, 0.3) is 5.91 Å². The third kappa shape index (κ3) is 4.93. The van der Waals surface area contributed by atoms with Gasteiger partial charge in [0.1, 0.15) is 0 Å². The second-order valence-corrected chi connectivity index (χ2v) is 5.34. The molecule has 0 atom stereocenters. The zero-order chi connectivity index (χ0) is 16.7. The molecule has 120 valence electrons. The van der Waals surface area contributed by atoms with Crippen molar-refractivity contribution in [2.45, 2.75) is 19.3 Å². The summed E-state index contributed by atoms with van der Waals surface area (Å²) in [5.41, 5.74) is 4.11. The third-order valence-electron chi connectivity index (χ3n) is 3.59. The molecule has 0 radical (unpaired) electrons. The van der Waals surface area contributed by atoms with Gasteiger partial charge in [0.05, 0.1) is 0 Å². The Hall–Kier alpha value is -2.66. The van der Waals surface area contributed by atoms with Crippen molar-refractivity contribution < 1.29 is 14.8 Å². The lowest BCUT2D eigenvalue weighted by molar-refractivity contribution is -0.124. The third-order valence-corrected chi connectivity index (χ3v) is 3.59. The number of benzene rings is 1. The van der Waals surface area contributed by atoms with Crippen LogP contribution in [-0.2, 0) is 18.3 Å². The van der Waals surface area contributed by atoms with Crippen LogP contribution >= 0.6 is 0 Å². The standard InChI is InChI=1S/C18H20N2O3/c1-20-13-15(12-16(20)10-11-18(22)19-23)17(21)9-5-8-14-6-3-2-4-7-14/h2-4,6-7,10-13,23H,5,8-9H2,1H3,(H,19,22)/b11-10+. The average molecular weight is 312 g/mol. The minimum Gasteiger partial charge on any atom is -0.350 e. The molecule has 0 spiro atoms. The number of aryl methyl sites for hydroxylation is 2. The second kappa shape index (κ2) is 8.10. The summed E-state index contributed by atoms with van der Waals surface area (Å²) in [6.45, 7) is 0. The van der Waals surface area contributed by atoms with E-state index in [0.717, 1.165) is 18.5 Å². The highest BCUT2D eigenvalue weighted by atomic mass is 16.5. The molecule has 0 saturated heterocycles. The molecule has 0 bridgehead atoms. The minimum absolute atomic E-state index is 0.0859. The van der Waals surface area contributed by atoms with E-state index in [1.165, 1.54) is 17.1 Å². The van der Waals surface area contributed by atoms with Crippen molar-refractivity contribution in [2.75, 3.05) is 0 Å². The number of carbonyl (C=O) groups is 2. The molecule has 5 heteroatoms. The first-order valence-corrected chi connectivity index (χ1v) is 7.46. The van der Waals surface area contributed by atoms with Crippen LogP contribution in [0, 0.1) is 0 Å². The average Bonchev–Trinajstić information content (AvgIpc) is 2.94. The highest BCUT2D eigenvalue weighted by Crippen LogP contribution is 2.13. The first kappa shape index (κ1) is 16.7. The van der Waals surface area contributed by atoms with E-state index in [4.69, 9.17) is 5.21 Å². The van der Waals surface area contributed by atoms with Gasteiger partial charge in [-0.25, -0.2) is 5.48 Å². The number of amides is 1. The summed E-state index contributed by atoms with van der Waals surface area (Å²) in [5.74, 6) is -0.523. The SMILES string of the molecule is Cn1cc(C(=O)CCCc2ccccc2)cc1/C=C/C(=O)NO. The van der Waals surface area contributed by atoms with Crippen molar-refractivity contribution in [3.63, 3.8) is 0 Å². The number of nitrogens with zero attached hydrogens (tertiary/aromatic N) is 1. The van der Waals surface area contributed by atoms with E-state index in [1.807, 2.05) is 18.2 Å². The number of hydroxylamine groups is 1. The molecule has 23 heavy (non-hydrogen) atoms. The van der Waals surface area contributed by atoms with Crippen LogP contribution in [0.15, 0.2) is 48.7 Å². The number of ketones is 1. The monoisotopic (exact) mass is 312 g/mol. The largest absolute Gasteiger partial charge is 0.350 e. The van der Waals surface area contributed by atoms with Gasteiger partial charge < -0.3 is 4.57 Å².